The summed E-state index contributed by atoms with van der Waals surface area (Å²) in [7, 11) is 1.93. The number of carbonyl (C=O) groups is 1. The normalized spacial score (nSPS) is 15.6. The van der Waals surface area contributed by atoms with E-state index in [0.29, 0.717) is 13.1 Å². The van der Waals surface area contributed by atoms with Gasteiger partial charge < -0.3 is 14.5 Å². The average molecular weight is 460 g/mol. The first-order valence-corrected chi connectivity index (χ1v) is 11.3. The molecule has 1 atom stereocenters. The number of anilines is 1. The summed E-state index contributed by atoms with van der Waals surface area (Å²) in [6.07, 6.45) is 2.66. The summed E-state index contributed by atoms with van der Waals surface area (Å²) < 4.78 is 21.4. The molecule has 1 amide bonds. The van der Waals surface area contributed by atoms with Crippen LogP contribution in [0.25, 0.3) is 16.9 Å². The Kier molecular flexibility index (Phi) is 5.88. The van der Waals surface area contributed by atoms with Gasteiger partial charge in [0.05, 0.1) is 18.4 Å². The number of hydrogen-bond acceptors (Lipinski definition) is 5. The van der Waals surface area contributed by atoms with Crippen LogP contribution in [0.1, 0.15) is 18.9 Å². The number of hydrogen-bond donors (Lipinski definition) is 0. The van der Waals surface area contributed by atoms with E-state index in [9.17, 15) is 9.18 Å². The predicted molar refractivity (Wildman–Crippen MR) is 128 cm³/mol. The largest absolute Gasteiger partial charge is 0.489 e. The lowest BCUT2D eigenvalue weighted by Gasteiger charge is -2.18. The Bertz CT molecular complexity index is 1320. The fourth-order valence-corrected chi connectivity index (χ4v) is 4.26. The van der Waals surface area contributed by atoms with Gasteiger partial charge in [-0.15, -0.1) is 5.10 Å². The smallest absolute Gasteiger partial charge is 0.219 e. The molecule has 1 saturated heterocycles. The first-order chi connectivity index (χ1) is 16.5. The van der Waals surface area contributed by atoms with Gasteiger partial charge in [-0.1, -0.05) is 12.1 Å². The third kappa shape index (κ3) is 4.57. The second kappa shape index (κ2) is 9.13. The summed E-state index contributed by atoms with van der Waals surface area (Å²) in [6, 6.07) is 18.3. The van der Waals surface area contributed by atoms with Crippen LogP contribution in [0.15, 0.2) is 66.9 Å². The van der Waals surface area contributed by atoms with Crippen LogP contribution >= 0.6 is 0 Å². The fourth-order valence-electron chi connectivity index (χ4n) is 4.26. The van der Waals surface area contributed by atoms with Crippen LogP contribution in [0.5, 0.6) is 5.75 Å². The molecule has 0 bridgehead atoms. The van der Waals surface area contributed by atoms with Crippen molar-refractivity contribution in [3.8, 4) is 17.0 Å². The highest BCUT2D eigenvalue weighted by Crippen LogP contribution is 2.26. The number of carbonyl (C=O) groups excluding carboxylic acids is 1. The van der Waals surface area contributed by atoms with E-state index in [4.69, 9.17) is 9.84 Å². The monoisotopic (exact) mass is 459 g/mol. The Morgan fingerprint density at radius 1 is 1.18 bits per heavy atom. The molecule has 1 aliphatic rings. The van der Waals surface area contributed by atoms with Crippen LogP contribution in [0.2, 0.25) is 0 Å². The van der Waals surface area contributed by atoms with E-state index < -0.39 is 0 Å². The molecular formula is C26H26FN5O2. The van der Waals surface area contributed by atoms with Crippen molar-refractivity contribution in [1.82, 2.24) is 19.5 Å². The van der Waals surface area contributed by atoms with Crippen LogP contribution in [-0.4, -0.2) is 51.6 Å². The average Bonchev–Trinajstić information content (AvgIpc) is 3.46. The van der Waals surface area contributed by atoms with E-state index in [0.717, 1.165) is 47.0 Å². The summed E-state index contributed by atoms with van der Waals surface area (Å²) >= 11 is 0. The van der Waals surface area contributed by atoms with Gasteiger partial charge in [0, 0.05) is 39.0 Å². The summed E-state index contributed by atoms with van der Waals surface area (Å²) in [6.45, 7) is 3.49. The van der Waals surface area contributed by atoms with E-state index in [1.807, 2.05) is 63.8 Å². The Labute approximate surface area is 197 Å². The molecular weight excluding hydrogens is 433 g/mol. The topological polar surface area (TPSA) is 63.0 Å². The third-order valence-corrected chi connectivity index (χ3v) is 6.09. The molecule has 4 aromatic rings. The molecule has 1 fully saturated rings. The lowest BCUT2D eigenvalue weighted by atomic mass is 10.1. The standard InChI is InChI=1S/C26H26FN5O2/c1-18(33)31-13-12-23(17-31)34-22-8-6-20(7-9-22)24-15-28-25-10-11-26(29-32(24)25)30(2)16-19-4-3-5-21(27)14-19/h3-11,14-15,23H,12-13,16-17H2,1-2H3/t23-/m1/s1. The summed E-state index contributed by atoms with van der Waals surface area (Å²) in [5, 5.41) is 4.78. The van der Waals surface area contributed by atoms with Crippen LogP contribution < -0.4 is 9.64 Å². The van der Waals surface area contributed by atoms with Crippen molar-refractivity contribution in [2.45, 2.75) is 26.0 Å². The van der Waals surface area contributed by atoms with Gasteiger partial charge >= 0.3 is 0 Å². The number of amides is 1. The first-order valence-electron chi connectivity index (χ1n) is 11.3. The number of likely N-dealkylation sites (tertiary alicyclic amines) is 1. The van der Waals surface area contributed by atoms with Gasteiger partial charge in [0.2, 0.25) is 5.91 Å². The number of benzene rings is 2. The van der Waals surface area contributed by atoms with E-state index >= 15 is 0 Å². The van der Waals surface area contributed by atoms with Crippen molar-refractivity contribution < 1.29 is 13.9 Å². The molecule has 2 aromatic carbocycles. The number of aromatic nitrogens is 3. The van der Waals surface area contributed by atoms with Gasteiger partial charge in [-0.3, -0.25) is 4.79 Å². The maximum Gasteiger partial charge on any atom is 0.219 e. The zero-order chi connectivity index (χ0) is 23.7. The lowest BCUT2D eigenvalue weighted by molar-refractivity contribution is -0.128. The molecule has 0 N–H and O–H groups in total. The summed E-state index contributed by atoms with van der Waals surface area (Å²) in [5.41, 5.74) is 3.45. The predicted octanol–water partition coefficient (Wildman–Crippen LogP) is 4.17. The minimum atomic E-state index is -0.247. The van der Waals surface area contributed by atoms with Gasteiger partial charge in [-0.2, -0.15) is 0 Å². The van der Waals surface area contributed by atoms with E-state index in [-0.39, 0.29) is 17.8 Å². The van der Waals surface area contributed by atoms with E-state index in [1.54, 1.807) is 19.2 Å². The molecule has 5 rings (SSSR count). The van der Waals surface area contributed by atoms with Crippen molar-refractivity contribution in [2.24, 2.45) is 0 Å². The van der Waals surface area contributed by atoms with Crippen molar-refractivity contribution >= 4 is 17.4 Å². The van der Waals surface area contributed by atoms with Crippen molar-refractivity contribution in [3.63, 3.8) is 0 Å². The Morgan fingerprint density at radius 2 is 2.00 bits per heavy atom. The van der Waals surface area contributed by atoms with Gasteiger partial charge in [-0.25, -0.2) is 13.9 Å². The molecule has 0 unspecified atom stereocenters. The lowest BCUT2D eigenvalue weighted by Crippen LogP contribution is -2.28. The molecule has 0 spiro atoms. The molecule has 174 valence electrons. The SMILES string of the molecule is CC(=O)N1CC[C@@H](Oc2ccc(-c3cnc4ccc(N(C)Cc5cccc(F)c5)nn34)cc2)C1. The first kappa shape index (κ1) is 21.9. The van der Waals surface area contributed by atoms with E-state index in [2.05, 4.69) is 4.98 Å². The zero-order valence-corrected chi connectivity index (χ0v) is 19.2. The summed E-state index contributed by atoms with van der Waals surface area (Å²) in [5.74, 6) is 1.37. The minimum absolute atomic E-state index is 0.0170. The molecule has 1 aliphatic heterocycles. The molecule has 0 radical (unpaired) electrons. The molecule has 7 nitrogen and oxygen atoms in total. The van der Waals surface area contributed by atoms with Gasteiger partial charge in [-0.05, 0) is 54.1 Å². The van der Waals surface area contributed by atoms with Crippen LogP contribution in [0, 0.1) is 5.82 Å². The van der Waals surface area contributed by atoms with Crippen LogP contribution in [0.3, 0.4) is 0 Å². The number of rotatable bonds is 6. The Balaban J connectivity index is 1.33. The quantitative estimate of drug-likeness (QED) is 0.433. The van der Waals surface area contributed by atoms with Crippen molar-refractivity contribution in [3.05, 3.63) is 78.2 Å². The van der Waals surface area contributed by atoms with Gasteiger partial charge in [0.25, 0.3) is 0 Å². The molecule has 0 saturated carbocycles. The highest BCUT2D eigenvalue weighted by molar-refractivity contribution is 5.73. The number of halogens is 1. The molecule has 8 heteroatoms. The minimum Gasteiger partial charge on any atom is -0.489 e. The zero-order valence-electron chi connectivity index (χ0n) is 19.2. The Morgan fingerprint density at radius 3 is 2.74 bits per heavy atom. The van der Waals surface area contributed by atoms with Gasteiger partial charge in [0.1, 0.15) is 23.5 Å². The fraction of sp³-hybridized carbons (Fsp3) is 0.269. The second-order valence-corrected chi connectivity index (χ2v) is 8.61. The van der Waals surface area contributed by atoms with E-state index in [1.165, 1.54) is 12.1 Å². The third-order valence-electron chi connectivity index (χ3n) is 6.09. The summed E-state index contributed by atoms with van der Waals surface area (Å²) in [4.78, 5) is 19.8. The maximum absolute atomic E-state index is 13.5. The van der Waals surface area contributed by atoms with Gasteiger partial charge in [0.15, 0.2) is 5.65 Å². The van der Waals surface area contributed by atoms with Crippen molar-refractivity contribution in [2.75, 3.05) is 25.0 Å². The molecule has 2 aromatic heterocycles. The highest BCUT2D eigenvalue weighted by Gasteiger charge is 2.25. The number of ether oxygens (including phenoxy) is 1. The van der Waals surface area contributed by atoms with Crippen molar-refractivity contribution in [1.29, 1.82) is 0 Å². The van der Waals surface area contributed by atoms with Crippen LogP contribution in [0.4, 0.5) is 10.2 Å². The highest BCUT2D eigenvalue weighted by atomic mass is 19.1. The second-order valence-electron chi connectivity index (χ2n) is 8.61. The maximum atomic E-state index is 13.5. The Hall–Kier alpha value is -3.94. The molecule has 0 aliphatic carbocycles. The number of nitrogens with zero attached hydrogens (tertiary/aromatic N) is 5. The molecule has 34 heavy (non-hydrogen) atoms. The van der Waals surface area contributed by atoms with Crippen LogP contribution in [-0.2, 0) is 11.3 Å². The number of fused-ring (bicyclic) bond motifs is 1. The molecule has 3 heterocycles. The number of imidazole rings is 1.